The Morgan fingerprint density at radius 1 is 1.43 bits per heavy atom. The minimum atomic E-state index is -0.547. The van der Waals surface area contributed by atoms with Gasteiger partial charge in [0.25, 0.3) is 0 Å². The number of hydrogen-bond donors (Lipinski definition) is 2. The Labute approximate surface area is 137 Å². The molecule has 0 spiro atoms. The van der Waals surface area contributed by atoms with Crippen molar-refractivity contribution >= 4 is 11.9 Å². The van der Waals surface area contributed by atoms with Crippen LogP contribution in [0.2, 0.25) is 0 Å². The topological polar surface area (TPSA) is 87.6 Å². The van der Waals surface area contributed by atoms with Gasteiger partial charge in [-0.3, -0.25) is 10.2 Å². The van der Waals surface area contributed by atoms with Crippen molar-refractivity contribution in [1.29, 1.82) is 0 Å². The highest BCUT2D eigenvalue weighted by molar-refractivity contribution is 5.83. The normalized spacial score (nSPS) is 19.4. The number of rotatable bonds is 4. The number of amides is 1. The molecular weight excluding hydrogens is 296 g/mol. The van der Waals surface area contributed by atoms with Crippen molar-refractivity contribution in [3.63, 3.8) is 0 Å². The SMILES string of the molecule is CC(C)(C)OC(=O)Nc1ccc(CN2CCCC(CO)C2)nn1. The lowest BCUT2D eigenvalue weighted by atomic mass is 9.99. The van der Waals surface area contributed by atoms with E-state index in [1.807, 2.05) is 6.07 Å². The average molecular weight is 322 g/mol. The summed E-state index contributed by atoms with van der Waals surface area (Å²) in [5.41, 5.74) is 0.299. The summed E-state index contributed by atoms with van der Waals surface area (Å²) in [6.45, 7) is 8.25. The van der Waals surface area contributed by atoms with Gasteiger partial charge < -0.3 is 9.84 Å². The summed E-state index contributed by atoms with van der Waals surface area (Å²) in [6.07, 6.45) is 1.63. The molecule has 1 aromatic rings. The van der Waals surface area contributed by atoms with E-state index in [4.69, 9.17) is 4.74 Å². The van der Waals surface area contributed by atoms with E-state index in [9.17, 15) is 9.90 Å². The van der Waals surface area contributed by atoms with Crippen LogP contribution in [0.5, 0.6) is 0 Å². The fourth-order valence-corrected chi connectivity index (χ4v) is 2.59. The van der Waals surface area contributed by atoms with Gasteiger partial charge in [0.1, 0.15) is 5.60 Å². The first kappa shape index (κ1) is 17.6. The first-order chi connectivity index (χ1) is 10.9. The number of ether oxygens (including phenoxy) is 1. The molecule has 1 amide bonds. The second kappa shape index (κ2) is 7.70. The predicted molar refractivity (Wildman–Crippen MR) is 87.0 cm³/mol. The number of aliphatic hydroxyl groups is 1. The number of piperidine rings is 1. The molecule has 1 saturated heterocycles. The molecule has 0 saturated carbocycles. The predicted octanol–water partition coefficient (Wildman–Crippen LogP) is 2.03. The third-order valence-corrected chi connectivity index (χ3v) is 3.60. The lowest BCUT2D eigenvalue weighted by Gasteiger charge is -2.31. The van der Waals surface area contributed by atoms with Crippen LogP contribution in [0, 0.1) is 5.92 Å². The highest BCUT2D eigenvalue weighted by atomic mass is 16.6. The van der Waals surface area contributed by atoms with Gasteiger partial charge in [-0.1, -0.05) is 0 Å². The van der Waals surface area contributed by atoms with Crippen molar-refractivity contribution in [2.24, 2.45) is 5.92 Å². The molecule has 1 unspecified atom stereocenters. The zero-order valence-electron chi connectivity index (χ0n) is 14.1. The first-order valence-electron chi connectivity index (χ1n) is 8.01. The molecule has 2 heterocycles. The van der Waals surface area contributed by atoms with Crippen LogP contribution in [-0.4, -0.2) is 51.6 Å². The summed E-state index contributed by atoms with van der Waals surface area (Å²) in [4.78, 5) is 13.9. The summed E-state index contributed by atoms with van der Waals surface area (Å²) < 4.78 is 5.17. The largest absolute Gasteiger partial charge is 0.444 e. The van der Waals surface area contributed by atoms with Crippen molar-refractivity contribution in [2.45, 2.75) is 45.8 Å². The molecule has 0 bridgehead atoms. The summed E-state index contributed by atoms with van der Waals surface area (Å²) in [5, 5.41) is 20.0. The van der Waals surface area contributed by atoms with Gasteiger partial charge in [-0.15, -0.1) is 5.10 Å². The van der Waals surface area contributed by atoms with E-state index in [0.29, 0.717) is 18.3 Å². The number of likely N-dealkylation sites (tertiary alicyclic amines) is 1. The molecule has 7 nitrogen and oxygen atoms in total. The van der Waals surface area contributed by atoms with Crippen LogP contribution in [0.25, 0.3) is 0 Å². The van der Waals surface area contributed by atoms with Gasteiger partial charge >= 0.3 is 6.09 Å². The molecule has 1 aliphatic rings. The Bertz CT molecular complexity index is 513. The Morgan fingerprint density at radius 3 is 2.83 bits per heavy atom. The van der Waals surface area contributed by atoms with Crippen molar-refractivity contribution in [3.05, 3.63) is 17.8 Å². The molecule has 1 aliphatic heterocycles. The van der Waals surface area contributed by atoms with Gasteiger partial charge in [0, 0.05) is 19.7 Å². The summed E-state index contributed by atoms with van der Waals surface area (Å²) >= 11 is 0. The molecule has 0 aliphatic carbocycles. The fourth-order valence-electron chi connectivity index (χ4n) is 2.59. The monoisotopic (exact) mass is 322 g/mol. The van der Waals surface area contributed by atoms with E-state index in [2.05, 4.69) is 20.4 Å². The number of aromatic nitrogens is 2. The summed E-state index contributed by atoms with van der Waals surface area (Å²) in [5.74, 6) is 0.722. The molecule has 23 heavy (non-hydrogen) atoms. The Morgan fingerprint density at radius 2 is 2.22 bits per heavy atom. The molecule has 2 rings (SSSR count). The Balaban J connectivity index is 1.86. The van der Waals surface area contributed by atoms with Gasteiger partial charge in [0.15, 0.2) is 5.82 Å². The van der Waals surface area contributed by atoms with Crippen LogP contribution in [0.3, 0.4) is 0 Å². The molecule has 7 heteroatoms. The van der Waals surface area contributed by atoms with Crippen molar-refractivity contribution in [3.8, 4) is 0 Å². The third-order valence-electron chi connectivity index (χ3n) is 3.60. The lowest BCUT2D eigenvalue weighted by Crippen LogP contribution is -2.36. The van der Waals surface area contributed by atoms with Crippen LogP contribution < -0.4 is 5.32 Å². The summed E-state index contributed by atoms with van der Waals surface area (Å²) in [7, 11) is 0. The maximum atomic E-state index is 11.7. The number of carbonyl (C=O) groups excluding carboxylic acids is 1. The first-order valence-corrected chi connectivity index (χ1v) is 8.01. The Kier molecular flexibility index (Phi) is 5.90. The van der Waals surface area contributed by atoms with E-state index in [0.717, 1.165) is 31.6 Å². The van der Waals surface area contributed by atoms with Gasteiger partial charge in [-0.2, -0.15) is 5.10 Å². The van der Waals surface area contributed by atoms with Crippen LogP contribution in [0.15, 0.2) is 12.1 Å². The number of nitrogens with one attached hydrogen (secondary N) is 1. The molecule has 1 aromatic heterocycles. The Hall–Kier alpha value is -1.73. The molecule has 2 N–H and O–H groups in total. The zero-order chi connectivity index (χ0) is 16.9. The van der Waals surface area contributed by atoms with Crippen molar-refractivity contribution < 1.29 is 14.6 Å². The molecule has 1 fully saturated rings. The molecule has 1 atom stereocenters. The number of hydrogen-bond acceptors (Lipinski definition) is 6. The second-order valence-corrected chi connectivity index (χ2v) is 6.96. The highest BCUT2D eigenvalue weighted by Gasteiger charge is 2.20. The highest BCUT2D eigenvalue weighted by Crippen LogP contribution is 2.17. The van der Waals surface area contributed by atoms with E-state index < -0.39 is 11.7 Å². The standard InChI is InChI=1S/C16H26N4O3/c1-16(2,3)23-15(22)17-14-7-6-13(18-19-14)10-20-8-4-5-12(9-20)11-21/h6-7,12,21H,4-5,8-11H2,1-3H3,(H,17,19,22). The van der Waals surface area contributed by atoms with Crippen molar-refractivity contribution in [2.75, 3.05) is 25.0 Å². The minimum Gasteiger partial charge on any atom is -0.444 e. The fraction of sp³-hybridized carbons (Fsp3) is 0.688. The van der Waals surface area contributed by atoms with E-state index in [-0.39, 0.29) is 6.61 Å². The molecule has 0 radical (unpaired) electrons. The van der Waals surface area contributed by atoms with Crippen LogP contribution >= 0.6 is 0 Å². The summed E-state index contributed by atoms with van der Waals surface area (Å²) in [6, 6.07) is 3.57. The number of carbonyl (C=O) groups is 1. The smallest absolute Gasteiger partial charge is 0.413 e. The molecule has 0 aromatic carbocycles. The average Bonchev–Trinajstić information content (AvgIpc) is 2.47. The van der Waals surface area contributed by atoms with Crippen LogP contribution in [0.1, 0.15) is 39.3 Å². The van der Waals surface area contributed by atoms with Crippen LogP contribution in [0.4, 0.5) is 10.6 Å². The van der Waals surface area contributed by atoms with E-state index in [1.165, 1.54) is 0 Å². The number of nitrogens with zero attached hydrogens (tertiary/aromatic N) is 3. The van der Waals surface area contributed by atoms with Crippen molar-refractivity contribution in [1.82, 2.24) is 15.1 Å². The quantitative estimate of drug-likeness (QED) is 0.882. The van der Waals surface area contributed by atoms with E-state index >= 15 is 0 Å². The maximum Gasteiger partial charge on any atom is 0.413 e. The van der Waals surface area contributed by atoms with Gasteiger partial charge in [-0.05, 0) is 58.2 Å². The van der Waals surface area contributed by atoms with Gasteiger partial charge in [-0.25, -0.2) is 4.79 Å². The number of aliphatic hydroxyl groups excluding tert-OH is 1. The third kappa shape index (κ3) is 6.11. The molecular formula is C16H26N4O3. The second-order valence-electron chi connectivity index (χ2n) is 6.96. The van der Waals surface area contributed by atoms with Gasteiger partial charge in [0.05, 0.1) is 5.69 Å². The maximum absolute atomic E-state index is 11.7. The van der Waals surface area contributed by atoms with Gasteiger partial charge in [0.2, 0.25) is 0 Å². The lowest BCUT2D eigenvalue weighted by molar-refractivity contribution is 0.0635. The minimum absolute atomic E-state index is 0.237. The van der Waals surface area contributed by atoms with Crippen LogP contribution in [-0.2, 0) is 11.3 Å². The number of anilines is 1. The zero-order valence-corrected chi connectivity index (χ0v) is 14.1. The molecule has 128 valence electrons. The van der Waals surface area contributed by atoms with E-state index in [1.54, 1.807) is 26.8 Å².